The molecule has 0 saturated carbocycles. The Balaban J connectivity index is 1.55. The summed E-state index contributed by atoms with van der Waals surface area (Å²) in [4.78, 5) is 2.93. The molecule has 0 heterocycles. The zero-order chi connectivity index (χ0) is 24.3. The van der Waals surface area contributed by atoms with Crippen molar-refractivity contribution in [2.24, 2.45) is 5.11 Å². The molecule has 0 aliphatic heterocycles. The van der Waals surface area contributed by atoms with Gasteiger partial charge in [-0.15, -0.1) is 0 Å². The van der Waals surface area contributed by atoms with Gasteiger partial charge in [0.2, 0.25) is 0 Å². The predicted octanol–water partition coefficient (Wildman–Crippen LogP) is 5.35. The number of rotatable bonds is 11. The van der Waals surface area contributed by atoms with Crippen LogP contribution in [0.4, 0.5) is 0 Å². The van der Waals surface area contributed by atoms with Gasteiger partial charge in [-0.05, 0) is 27.8 Å². The normalized spacial score (nSPS) is 21.7. The van der Waals surface area contributed by atoms with Crippen molar-refractivity contribution < 1.29 is 19.3 Å². The van der Waals surface area contributed by atoms with Crippen molar-refractivity contribution in [2.45, 2.75) is 44.2 Å². The average Bonchev–Trinajstić information content (AvgIpc) is 2.90. The van der Waals surface area contributed by atoms with Crippen LogP contribution < -0.4 is 0 Å². The van der Waals surface area contributed by atoms with Gasteiger partial charge in [-0.1, -0.05) is 102 Å². The third-order valence-electron chi connectivity index (χ3n) is 5.86. The van der Waals surface area contributed by atoms with Crippen LogP contribution in [0.25, 0.3) is 10.4 Å². The highest BCUT2D eigenvalue weighted by molar-refractivity contribution is 5.24. The summed E-state index contributed by atoms with van der Waals surface area (Å²) in [6.45, 7) is 1.30. The highest BCUT2D eigenvalue weighted by Gasteiger charge is 2.40. The third kappa shape index (κ3) is 7.02. The fourth-order valence-electron chi connectivity index (χ4n) is 4.06. The van der Waals surface area contributed by atoms with Gasteiger partial charge in [-0.25, -0.2) is 0 Å². The van der Waals surface area contributed by atoms with Crippen molar-refractivity contribution in [2.75, 3.05) is 6.61 Å². The number of hydrogen-bond donors (Lipinski definition) is 1. The topological polar surface area (TPSA) is 96.7 Å². The Kier molecular flexibility index (Phi) is 9.06. The zero-order valence-corrected chi connectivity index (χ0v) is 19.4. The Bertz CT molecular complexity index is 1120. The quantitative estimate of drug-likeness (QED) is 0.176. The lowest BCUT2D eigenvalue weighted by Gasteiger charge is -2.38. The molecule has 35 heavy (non-hydrogen) atoms. The van der Waals surface area contributed by atoms with E-state index in [1.807, 2.05) is 91.0 Å². The Morgan fingerprint density at radius 2 is 1.23 bits per heavy atom. The van der Waals surface area contributed by atoms with Crippen LogP contribution in [0.5, 0.6) is 0 Å². The number of aliphatic hydroxyl groups is 1. The summed E-state index contributed by atoms with van der Waals surface area (Å²) < 4.78 is 18.5. The molecule has 0 aromatic heterocycles. The lowest BCUT2D eigenvalue weighted by molar-refractivity contribution is -0.130. The minimum Gasteiger partial charge on any atom is -0.390 e. The van der Waals surface area contributed by atoms with Gasteiger partial charge in [-0.2, -0.15) is 0 Å². The fourth-order valence-corrected chi connectivity index (χ4v) is 4.06. The molecule has 0 fully saturated rings. The monoisotopic (exact) mass is 471 g/mol. The summed E-state index contributed by atoms with van der Waals surface area (Å²) in [6.07, 6.45) is -0.634. The first-order valence-electron chi connectivity index (χ1n) is 11.6. The summed E-state index contributed by atoms with van der Waals surface area (Å²) in [5.41, 5.74) is 12.9. The maximum absolute atomic E-state index is 11.1. The first-order valence-corrected chi connectivity index (χ1v) is 11.6. The minimum absolute atomic E-state index is 0.254. The second kappa shape index (κ2) is 12.9. The molecule has 180 valence electrons. The molecular weight excluding hydrogens is 442 g/mol. The second-order valence-corrected chi connectivity index (χ2v) is 8.38. The molecule has 0 spiro atoms. The highest BCUT2D eigenvalue weighted by Crippen LogP contribution is 2.29. The molecule has 1 aliphatic rings. The van der Waals surface area contributed by atoms with E-state index in [0.29, 0.717) is 13.2 Å². The van der Waals surface area contributed by atoms with Crippen molar-refractivity contribution in [1.29, 1.82) is 0 Å². The zero-order valence-electron chi connectivity index (χ0n) is 19.4. The van der Waals surface area contributed by atoms with E-state index in [1.165, 1.54) is 0 Å². The summed E-state index contributed by atoms with van der Waals surface area (Å²) >= 11 is 0. The second-order valence-electron chi connectivity index (χ2n) is 8.38. The van der Waals surface area contributed by atoms with E-state index in [2.05, 4.69) is 10.0 Å². The number of nitrogens with zero attached hydrogens (tertiary/aromatic N) is 3. The number of benzene rings is 3. The van der Waals surface area contributed by atoms with Crippen LogP contribution in [0.15, 0.2) is 108 Å². The molecule has 7 heteroatoms. The van der Waals surface area contributed by atoms with Crippen LogP contribution in [-0.2, 0) is 34.0 Å². The average molecular weight is 472 g/mol. The van der Waals surface area contributed by atoms with Crippen molar-refractivity contribution in [3.8, 4) is 0 Å². The van der Waals surface area contributed by atoms with E-state index < -0.39 is 24.4 Å². The van der Waals surface area contributed by atoms with Crippen molar-refractivity contribution >= 4 is 0 Å². The highest BCUT2D eigenvalue weighted by atomic mass is 16.6. The van der Waals surface area contributed by atoms with Crippen molar-refractivity contribution in [1.82, 2.24) is 0 Å². The van der Waals surface area contributed by atoms with E-state index >= 15 is 0 Å². The van der Waals surface area contributed by atoms with E-state index in [1.54, 1.807) is 6.08 Å². The number of ether oxygens (including phenoxy) is 3. The van der Waals surface area contributed by atoms with Crippen LogP contribution in [-0.4, -0.2) is 36.1 Å². The number of aliphatic hydroxyl groups excluding tert-OH is 1. The molecule has 3 aromatic rings. The van der Waals surface area contributed by atoms with Crippen molar-refractivity contribution in [3.05, 3.63) is 130 Å². The Labute approximate surface area is 205 Å². The molecule has 0 bridgehead atoms. The lowest BCUT2D eigenvalue weighted by atomic mass is 9.88. The molecule has 1 N–H and O–H groups in total. The lowest BCUT2D eigenvalue weighted by Crippen LogP contribution is -2.51. The van der Waals surface area contributed by atoms with Gasteiger partial charge in [0, 0.05) is 4.91 Å². The van der Waals surface area contributed by atoms with Gasteiger partial charge in [0.05, 0.1) is 38.6 Å². The molecule has 0 saturated heterocycles. The maximum Gasteiger partial charge on any atom is 0.115 e. The molecule has 4 rings (SSSR count). The molecule has 0 amide bonds. The van der Waals surface area contributed by atoms with Crippen LogP contribution in [0.1, 0.15) is 16.7 Å². The van der Waals surface area contributed by atoms with Gasteiger partial charge in [-0.3, -0.25) is 0 Å². The Hall–Kier alpha value is -3.45. The van der Waals surface area contributed by atoms with Gasteiger partial charge < -0.3 is 19.3 Å². The van der Waals surface area contributed by atoms with E-state index in [4.69, 9.17) is 19.7 Å². The van der Waals surface area contributed by atoms with Crippen molar-refractivity contribution in [3.63, 3.8) is 0 Å². The molecular formula is C28H29N3O4. The fraction of sp³-hybridized carbons (Fsp3) is 0.286. The SMILES string of the molecule is [N-]=[N+]=N[C@H]1C=C(COCc2ccccc2)[C@@H](OCc2ccccc2)[C@H](OCc2ccccc2)[C@H]1O. The van der Waals surface area contributed by atoms with Gasteiger partial charge >= 0.3 is 0 Å². The summed E-state index contributed by atoms with van der Waals surface area (Å²) in [6, 6.07) is 28.6. The molecule has 7 nitrogen and oxygen atoms in total. The summed E-state index contributed by atoms with van der Waals surface area (Å²) in [5.74, 6) is 0. The molecule has 3 aromatic carbocycles. The molecule has 4 atom stereocenters. The maximum atomic E-state index is 11.1. The largest absolute Gasteiger partial charge is 0.390 e. The third-order valence-corrected chi connectivity index (χ3v) is 5.86. The van der Waals surface area contributed by atoms with Gasteiger partial charge in [0.1, 0.15) is 12.2 Å². The molecule has 0 radical (unpaired) electrons. The van der Waals surface area contributed by atoms with Crippen LogP contribution in [0.3, 0.4) is 0 Å². The Morgan fingerprint density at radius 1 is 0.714 bits per heavy atom. The van der Waals surface area contributed by atoms with Crippen LogP contribution in [0.2, 0.25) is 0 Å². The standard InChI is InChI=1S/C28H29N3O4/c29-31-30-25-16-24(20-33-17-21-10-4-1-5-11-21)27(34-18-22-12-6-2-7-13-22)28(26(25)32)35-19-23-14-8-3-9-15-23/h1-16,25-28,32H,17-20H2/t25-,26-,27+,28+/m0/s1. The minimum atomic E-state index is -1.06. The molecule has 1 aliphatic carbocycles. The van der Waals surface area contributed by atoms with Gasteiger partial charge in [0.25, 0.3) is 0 Å². The number of hydrogen-bond acceptors (Lipinski definition) is 5. The first kappa shape index (κ1) is 24.7. The van der Waals surface area contributed by atoms with Crippen LogP contribution in [0, 0.1) is 0 Å². The molecule has 0 unspecified atom stereocenters. The van der Waals surface area contributed by atoms with E-state index in [-0.39, 0.29) is 13.2 Å². The smallest absolute Gasteiger partial charge is 0.115 e. The van der Waals surface area contributed by atoms with Gasteiger partial charge in [0.15, 0.2) is 0 Å². The predicted molar refractivity (Wildman–Crippen MR) is 133 cm³/mol. The summed E-state index contributed by atoms with van der Waals surface area (Å²) in [5, 5.41) is 14.9. The summed E-state index contributed by atoms with van der Waals surface area (Å²) in [7, 11) is 0. The first-order chi connectivity index (χ1) is 17.2. The number of azide groups is 1. The van der Waals surface area contributed by atoms with E-state index in [9.17, 15) is 5.11 Å². The van der Waals surface area contributed by atoms with Crippen LogP contribution >= 0.6 is 0 Å². The van der Waals surface area contributed by atoms with E-state index in [0.717, 1.165) is 22.3 Å². The Morgan fingerprint density at radius 3 is 1.77 bits per heavy atom.